The van der Waals surface area contributed by atoms with Gasteiger partial charge in [-0.1, -0.05) is 50.2 Å². The molecule has 0 spiro atoms. The first kappa shape index (κ1) is 23.0. The molecule has 0 saturated carbocycles. The molecule has 2 aromatic carbocycles. The monoisotopic (exact) mass is 415 g/mol. The van der Waals surface area contributed by atoms with E-state index in [2.05, 4.69) is 5.32 Å². The van der Waals surface area contributed by atoms with Crippen molar-refractivity contribution in [1.29, 1.82) is 0 Å². The quantitative estimate of drug-likeness (QED) is 0.501. The number of nitrogens with zero attached hydrogens (tertiary/aromatic N) is 2. The van der Waals surface area contributed by atoms with E-state index in [9.17, 15) is 24.1 Å². The van der Waals surface area contributed by atoms with Crippen molar-refractivity contribution in [3.8, 4) is 0 Å². The van der Waals surface area contributed by atoms with E-state index in [1.54, 1.807) is 25.1 Å². The molecule has 0 radical (unpaired) electrons. The predicted molar refractivity (Wildman–Crippen MR) is 111 cm³/mol. The van der Waals surface area contributed by atoms with Crippen LogP contribution in [0.15, 0.2) is 48.5 Å². The molecule has 0 saturated heterocycles. The third-order valence-corrected chi connectivity index (χ3v) is 4.68. The lowest BCUT2D eigenvalue weighted by molar-refractivity contribution is -0.385. The minimum atomic E-state index is -0.876. The van der Waals surface area contributed by atoms with Crippen molar-refractivity contribution in [1.82, 2.24) is 10.2 Å². The molecule has 0 aliphatic rings. The Morgan fingerprint density at radius 2 is 1.67 bits per heavy atom. The van der Waals surface area contributed by atoms with Crippen LogP contribution in [0.5, 0.6) is 0 Å². The zero-order valence-electron chi connectivity index (χ0n) is 17.3. The van der Waals surface area contributed by atoms with Crippen LogP contribution in [0, 0.1) is 21.8 Å². The highest BCUT2D eigenvalue weighted by atomic mass is 19.1. The third-order valence-electron chi connectivity index (χ3n) is 4.68. The average Bonchev–Trinajstić information content (AvgIpc) is 2.71. The van der Waals surface area contributed by atoms with Gasteiger partial charge in [0, 0.05) is 30.3 Å². The van der Waals surface area contributed by atoms with Crippen molar-refractivity contribution in [2.45, 2.75) is 39.8 Å². The number of amides is 2. The predicted octanol–water partition coefficient (Wildman–Crippen LogP) is 3.47. The molecule has 0 unspecified atom stereocenters. The van der Waals surface area contributed by atoms with Gasteiger partial charge in [0.15, 0.2) is 0 Å². The second-order valence-corrected chi connectivity index (χ2v) is 7.49. The van der Waals surface area contributed by atoms with E-state index in [0.717, 1.165) is 0 Å². The number of hydrogen-bond acceptors (Lipinski definition) is 4. The van der Waals surface area contributed by atoms with Gasteiger partial charge in [0.05, 0.1) is 11.3 Å². The maximum absolute atomic E-state index is 14.2. The molecule has 7 nitrogen and oxygen atoms in total. The van der Waals surface area contributed by atoms with Crippen molar-refractivity contribution in [3.05, 3.63) is 75.6 Å². The van der Waals surface area contributed by atoms with Crippen molar-refractivity contribution in [2.75, 3.05) is 6.54 Å². The second-order valence-electron chi connectivity index (χ2n) is 7.49. The first-order valence-electron chi connectivity index (χ1n) is 9.73. The highest BCUT2D eigenvalue weighted by Crippen LogP contribution is 2.21. The summed E-state index contributed by atoms with van der Waals surface area (Å²) in [6, 6.07) is 11.1. The van der Waals surface area contributed by atoms with E-state index in [1.165, 1.54) is 35.2 Å². The topological polar surface area (TPSA) is 92.6 Å². The Bertz CT molecular complexity index is 917. The van der Waals surface area contributed by atoms with E-state index < -0.39 is 22.7 Å². The van der Waals surface area contributed by atoms with Crippen LogP contribution in [-0.2, 0) is 22.6 Å². The minimum Gasteiger partial charge on any atom is -0.354 e. The molecular weight excluding hydrogens is 389 g/mol. The fourth-order valence-corrected chi connectivity index (χ4v) is 2.95. The Morgan fingerprint density at radius 1 is 1.07 bits per heavy atom. The molecule has 30 heavy (non-hydrogen) atoms. The first-order chi connectivity index (χ1) is 14.2. The molecule has 2 rings (SSSR count). The van der Waals surface area contributed by atoms with Gasteiger partial charge in [-0.2, -0.15) is 0 Å². The number of rotatable bonds is 9. The van der Waals surface area contributed by atoms with Gasteiger partial charge in [0.2, 0.25) is 11.8 Å². The Hall–Kier alpha value is -3.29. The van der Waals surface area contributed by atoms with Crippen LogP contribution >= 0.6 is 0 Å². The minimum absolute atomic E-state index is 0.123. The second kappa shape index (κ2) is 10.5. The number of benzene rings is 2. The molecule has 1 atom stereocenters. The lowest BCUT2D eigenvalue weighted by atomic mass is 10.1. The van der Waals surface area contributed by atoms with Crippen molar-refractivity contribution >= 4 is 17.5 Å². The van der Waals surface area contributed by atoms with E-state index in [1.807, 2.05) is 13.8 Å². The van der Waals surface area contributed by atoms with Crippen LogP contribution in [0.3, 0.4) is 0 Å². The molecule has 0 heterocycles. The van der Waals surface area contributed by atoms with Crippen LogP contribution in [-0.4, -0.2) is 34.2 Å². The van der Waals surface area contributed by atoms with Gasteiger partial charge in [-0.05, 0) is 18.9 Å². The van der Waals surface area contributed by atoms with Crippen LogP contribution in [0.4, 0.5) is 10.1 Å². The molecule has 0 aromatic heterocycles. The highest BCUT2D eigenvalue weighted by Gasteiger charge is 2.28. The summed E-state index contributed by atoms with van der Waals surface area (Å²) in [5, 5.41) is 14.0. The standard InChI is InChI=1S/C22H26FN3O4/c1-15(2)13-24-22(28)16(3)25(14-18-9-4-6-10-19(18)23)21(27)12-17-8-5-7-11-20(17)26(29)30/h4-11,15-16H,12-14H2,1-3H3,(H,24,28)/t16-/m0/s1. The lowest BCUT2D eigenvalue weighted by Gasteiger charge is -2.29. The third kappa shape index (κ3) is 6.10. The van der Waals surface area contributed by atoms with Crippen molar-refractivity contribution in [2.24, 2.45) is 5.92 Å². The fourth-order valence-electron chi connectivity index (χ4n) is 2.95. The van der Waals surface area contributed by atoms with Gasteiger partial charge in [-0.3, -0.25) is 19.7 Å². The highest BCUT2D eigenvalue weighted by molar-refractivity contribution is 5.88. The summed E-state index contributed by atoms with van der Waals surface area (Å²) in [6.07, 6.45) is -0.270. The number of nitrogens with one attached hydrogen (secondary N) is 1. The van der Waals surface area contributed by atoms with Crippen LogP contribution in [0.25, 0.3) is 0 Å². The van der Waals surface area contributed by atoms with Crippen molar-refractivity contribution in [3.63, 3.8) is 0 Å². The Kier molecular flexibility index (Phi) is 8.03. The number of nitro benzene ring substituents is 1. The molecule has 0 fully saturated rings. The fraction of sp³-hybridized carbons (Fsp3) is 0.364. The van der Waals surface area contributed by atoms with Gasteiger partial charge in [0.1, 0.15) is 11.9 Å². The van der Waals surface area contributed by atoms with E-state index in [0.29, 0.717) is 6.54 Å². The normalized spacial score (nSPS) is 11.8. The molecule has 2 aromatic rings. The summed E-state index contributed by atoms with van der Waals surface area (Å²) in [4.78, 5) is 37.6. The van der Waals surface area contributed by atoms with Gasteiger partial charge < -0.3 is 10.2 Å². The summed E-state index contributed by atoms with van der Waals surface area (Å²) in [5.41, 5.74) is 0.325. The largest absolute Gasteiger partial charge is 0.354 e. The molecule has 0 bridgehead atoms. The van der Waals surface area contributed by atoms with Gasteiger partial charge in [-0.25, -0.2) is 4.39 Å². The molecule has 0 aliphatic heterocycles. The number of carbonyl (C=O) groups is 2. The van der Waals surface area contributed by atoms with Gasteiger partial charge in [0.25, 0.3) is 5.69 Å². The molecular formula is C22H26FN3O4. The molecule has 1 N–H and O–H groups in total. The Morgan fingerprint density at radius 3 is 2.27 bits per heavy atom. The van der Waals surface area contributed by atoms with Crippen LogP contribution < -0.4 is 5.32 Å². The van der Waals surface area contributed by atoms with Gasteiger partial charge in [-0.15, -0.1) is 0 Å². The summed E-state index contributed by atoms with van der Waals surface area (Å²) in [7, 11) is 0. The Balaban J connectivity index is 2.30. The number of halogens is 1. The summed E-state index contributed by atoms with van der Waals surface area (Å²) in [5.74, 6) is -1.13. The number of hydrogen-bond donors (Lipinski definition) is 1. The average molecular weight is 415 g/mol. The maximum Gasteiger partial charge on any atom is 0.273 e. The number of carbonyl (C=O) groups excluding carboxylic acids is 2. The smallest absolute Gasteiger partial charge is 0.273 e. The summed E-state index contributed by atoms with van der Waals surface area (Å²) < 4.78 is 14.2. The summed E-state index contributed by atoms with van der Waals surface area (Å²) in [6.45, 7) is 5.77. The number of para-hydroxylation sites is 1. The molecule has 0 aliphatic carbocycles. The first-order valence-corrected chi connectivity index (χ1v) is 9.73. The van der Waals surface area contributed by atoms with Crippen molar-refractivity contribution < 1.29 is 18.9 Å². The molecule has 160 valence electrons. The summed E-state index contributed by atoms with van der Waals surface area (Å²) >= 11 is 0. The zero-order chi connectivity index (χ0) is 22.3. The van der Waals surface area contributed by atoms with Crippen LogP contribution in [0.1, 0.15) is 31.9 Å². The molecule has 8 heteroatoms. The van der Waals surface area contributed by atoms with E-state index in [4.69, 9.17) is 0 Å². The van der Waals surface area contributed by atoms with E-state index >= 15 is 0 Å². The maximum atomic E-state index is 14.2. The zero-order valence-corrected chi connectivity index (χ0v) is 17.3. The SMILES string of the molecule is CC(C)CNC(=O)[C@H](C)N(Cc1ccccc1F)C(=O)Cc1ccccc1[N+](=O)[O-]. The molecule has 2 amide bonds. The van der Waals surface area contributed by atoms with E-state index in [-0.39, 0.29) is 41.6 Å². The van der Waals surface area contributed by atoms with Crippen LogP contribution in [0.2, 0.25) is 0 Å². The number of nitro groups is 1. The van der Waals surface area contributed by atoms with Gasteiger partial charge >= 0.3 is 0 Å². The lowest BCUT2D eigenvalue weighted by Crippen LogP contribution is -2.48. The Labute approximate surface area is 175 Å².